The molecule has 1 fully saturated rings. The van der Waals surface area contributed by atoms with Crippen LogP contribution in [0.25, 0.3) is 0 Å². The van der Waals surface area contributed by atoms with Gasteiger partial charge in [0.05, 0.1) is 6.04 Å². The Balaban J connectivity index is 1.38. The van der Waals surface area contributed by atoms with Gasteiger partial charge in [0.1, 0.15) is 0 Å². The largest absolute Gasteiger partial charge is 0.348 e. The number of amides is 1. The van der Waals surface area contributed by atoms with Crippen LogP contribution in [0.2, 0.25) is 0 Å². The number of carbonyl (C=O) groups is 1. The SMILES string of the molecule is O=C(c1ccc(CN2CCCCC2)cc1)N1CCn2cccc2C1c1ccccc1. The van der Waals surface area contributed by atoms with Crippen molar-refractivity contribution < 1.29 is 4.79 Å². The highest BCUT2D eigenvalue weighted by Crippen LogP contribution is 2.33. The molecule has 4 heteroatoms. The van der Waals surface area contributed by atoms with Gasteiger partial charge in [-0.1, -0.05) is 48.9 Å². The van der Waals surface area contributed by atoms with Crippen molar-refractivity contribution >= 4 is 5.91 Å². The lowest BCUT2D eigenvalue weighted by molar-refractivity contribution is 0.0664. The number of nitrogens with zero attached hydrogens (tertiary/aromatic N) is 3. The molecule has 154 valence electrons. The maximum atomic E-state index is 13.5. The monoisotopic (exact) mass is 399 g/mol. The topological polar surface area (TPSA) is 28.5 Å². The summed E-state index contributed by atoms with van der Waals surface area (Å²) in [6.45, 7) is 4.91. The zero-order valence-electron chi connectivity index (χ0n) is 17.4. The fourth-order valence-electron chi connectivity index (χ4n) is 4.88. The van der Waals surface area contributed by atoms with Crippen molar-refractivity contribution in [3.05, 3.63) is 95.3 Å². The number of fused-ring (bicyclic) bond motifs is 1. The number of rotatable bonds is 4. The Labute approximate surface area is 178 Å². The molecule has 1 unspecified atom stereocenters. The molecule has 0 spiro atoms. The molecule has 0 N–H and O–H groups in total. The van der Waals surface area contributed by atoms with Gasteiger partial charge < -0.3 is 9.47 Å². The number of benzene rings is 2. The second-order valence-electron chi connectivity index (χ2n) is 8.47. The van der Waals surface area contributed by atoms with Gasteiger partial charge in [0.25, 0.3) is 5.91 Å². The van der Waals surface area contributed by atoms with Crippen LogP contribution in [0.4, 0.5) is 0 Å². The highest BCUT2D eigenvalue weighted by molar-refractivity contribution is 5.94. The molecule has 1 amide bonds. The minimum Gasteiger partial charge on any atom is -0.348 e. The predicted molar refractivity (Wildman–Crippen MR) is 119 cm³/mol. The number of carbonyl (C=O) groups excluding carboxylic acids is 1. The molecule has 0 saturated carbocycles. The summed E-state index contributed by atoms with van der Waals surface area (Å²) in [6.07, 6.45) is 6.07. The van der Waals surface area contributed by atoms with Crippen molar-refractivity contribution in [3.63, 3.8) is 0 Å². The van der Waals surface area contributed by atoms with Crippen molar-refractivity contribution in [2.75, 3.05) is 19.6 Å². The van der Waals surface area contributed by atoms with Crippen LogP contribution in [-0.2, 0) is 13.1 Å². The average Bonchev–Trinajstić information content (AvgIpc) is 3.29. The summed E-state index contributed by atoms with van der Waals surface area (Å²) < 4.78 is 2.27. The molecule has 1 atom stereocenters. The molecule has 5 rings (SSSR count). The van der Waals surface area contributed by atoms with E-state index >= 15 is 0 Å². The van der Waals surface area contributed by atoms with Gasteiger partial charge in [-0.25, -0.2) is 0 Å². The zero-order valence-corrected chi connectivity index (χ0v) is 17.4. The number of hydrogen-bond acceptors (Lipinski definition) is 2. The second kappa shape index (κ2) is 8.49. The minimum atomic E-state index is -0.0459. The summed E-state index contributed by atoms with van der Waals surface area (Å²) in [5.41, 5.74) is 4.41. The molecule has 1 saturated heterocycles. The first kappa shape index (κ1) is 19.1. The Kier molecular flexibility index (Phi) is 5.41. The van der Waals surface area contributed by atoms with Crippen molar-refractivity contribution in [1.82, 2.24) is 14.4 Å². The smallest absolute Gasteiger partial charge is 0.254 e. The summed E-state index contributed by atoms with van der Waals surface area (Å²) in [6, 6.07) is 22.8. The van der Waals surface area contributed by atoms with E-state index in [0.29, 0.717) is 0 Å². The Hall–Kier alpha value is -2.85. The zero-order chi connectivity index (χ0) is 20.3. The van der Waals surface area contributed by atoms with E-state index < -0.39 is 0 Å². The van der Waals surface area contributed by atoms with E-state index in [-0.39, 0.29) is 11.9 Å². The van der Waals surface area contributed by atoms with E-state index in [1.54, 1.807) is 0 Å². The average molecular weight is 400 g/mol. The summed E-state index contributed by atoms with van der Waals surface area (Å²) in [5, 5.41) is 0. The van der Waals surface area contributed by atoms with Gasteiger partial charge in [-0.15, -0.1) is 0 Å². The van der Waals surface area contributed by atoms with E-state index in [2.05, 4.69) is 64.2 Å². The lowest BCUT2D eigenvalue weighted by Crippen LogP contribution is -2.42. The standard InChI is InChI=1S/C26H29N3O/c30-26(23-13-11-21(12-14-23)20-27-15-5-2-6-16-27)29-19-18-28-17-7-10-24(28)25(29)22-8-3-1-4-9-22/h1,3-4,7-14,17,25H,2,5-6,15-16,18-20H2. The lowest BCUT2D eigenvalue weighted by Gasteiger charge is -2.37. The molecule has 3 aromatic rings. The molecular formula is C26H29N3O. The highest BCUT2D eigenvalue weighted by Gasteiger charge is 2.32. The van der Waals surface area contributed by atoms with E-state index in [4.69, 9.17) is 0 Å². The van der Waals surface area contributed by atoms with Crippen molar-refractivity contribution in [1.29, 1.82) is 0 Å². The van der Waals surface area contributed by atoms with Crippen LogP contribution >= 0.6 is 0 Å². The first-order valence-electron chi connectivity index (χ1n) is 11.1. The fourth-order valence-corrected chi connectivity index (χ4v) is 4.88. The van der Waals surface area contributed by atoms with E-state index in [1.807, 2.05) is 23.1 Å². The lowest BCUT2D eigenvalue weighted by atomic mass is 9.98. The third kappa shape index (κ3) is 3.80. The van der Waals surface area contributed by atoms with E-state index in [1.165, 1.54) is 43.6 Å². The van der Waals surface area contributed by atoms with Gasteiger partial charge in [-0.2, -0.15) is 0 Å². The number of likely N-dealkylation sites (tertiary alicyclic amines) is 1. The summed E-state index contributed by atoms with van der Waals surface area (Å²) in [4.78, 5) is 18.1. The van der Waals surface area contributed by atoms with E-state index in [9.17, 15) is 4.79 Å². The van der Waals surface area contributed by atoms with Gasteiger partial charge in [0.15, 0.2) is 0 Å². The maximum Gasteiger partial charge on any atom is 0.254 e. The van der Waals surface area contributed by atoms with Crippen LogP contribution in [0.1, 0.15) is 52.5 Å². The van der Waals surface area contributed by atoms with Crippen LogP contribution in [0.3, 0.4) is 0 Å². The molecular weight excluding hydrogens is 370 g/mol. The molecule has 2 aliphatic rings. The maximum absolute atomic E-state index is 13.5. The van der Waals surface area contributed by atoms with Gasteiger partial charge >= 0.3 is 0 Å². The molecule has 2 aromatic carbocycles. The van der Waals surface area contributed by atoms with E-state index in [0.717, 1.165) is 30.8 Å². The third-order valence-electron chi connectivity index (χ3n) is 6.47. The molecule has 30 heavy (non-hydrogen) atoms. The summed E-state index contributed by atoms with van der Waals surface area (Å²) in [5.74, 6) is 0.112. The Bertz CT molecular complexity index is 987. The molecule has 0 bridgehead atoms. The van der Waals surface area contributed by atoms with Gasteiger partial charge in [-0.3, -0.25) is 9.69 Å². The molecule has 2 aliphatic heterocycles. The van der Waals surface area contributed by atoms with Gasteiger partial charge in [-0.05, 0) is 61.3 Å². The van der Waals surface area contributed by atoms with Crippen molar-refractivity contribution in [2.45, 2.75) is 38.4 Å². The highest BCUT2D eigenvalue weighted by atomic mass is 16.2. The number of hydrogen-bond donors (Lipinski definition) is 0. The summed E-state index contributed by atoms with van der Waals surface area (Å²) in [7, 11) is 0. The van der Waals surface area contributed by atoms with Crippen LogP contribution < -0.4 is 0 Å². The molecule has 0 aliphatic carbocycles. The predicted octanol–water partition coefficient (Wildman–Crippen LogP) is 4.72. The molecule has 4 nitrogen and oxygen atoms in total. The van der Waals surface area contributed by atoms with Crippen LogP contribution in [0.15, 0.2) is 72.9 Å². The Morgan fingerprint density at radius 1 is 0.800 bits per heavy atom. The van der Waals surface area contributed by atoms with Crippen molar-refractivity contribution in [3.8, 4) is 0 Å². The van der Waals surface area contributed by atoms with Crippen LogP contribution in [-0.4, -0.2) is 39.9 Å². The molecule has 0 radical (unpaired) electrons. The first-order chi connectivity index (χ1) is 14.8. The number of aromatic nitrogens is 1. The number of piperidine rings is 1. The quantitative estimate of drug-likeness (QED) is 0.635. The molecule has 3 heterocycles. The summed E-state index contributed by atoms with van der Waals surface area (Å²) >= 11 is 0. The van der Waals surface area contributed by atoms with Gasteiger partial charge in [0, 0.05) is 37.1 Å². The minimum absolute atomic E-state index is 0.0459. The van der Waals surface area contributed by atoms with Gasteiger partial charge in [0.2, 0.25) is 0 Å². The fraction of sp³-hybridized carbons (Fsp3) is 0.346. The third-order valence-corrected chi connectivity index (χ3v) is 6.47. The second-order valence-corrected chi connectivity index (χ2v) is 8.47. The van der Waals surface area contributed by atoms with Crippen LogP contribution in [0.5, 0.6) is 0 Å². The van der Waals surface area contributed by atoms with Crippen molar-refractivity contribution in [2.24, 2.45) is 0 Å². The Morgan fingerprint density at radius 2 is 1.57 bits per heavy atom. The first-order valence-corrected chi connectivity index (χ1v) is 11.1. The van der Waals surface area contributed by atoms with Crippen LogP contribution in [0, 0.1) is 0 Å². The normalized spacial score (nSPS) is 19.5. The Morgan fingerprint density at radius 3 is 2.33 bits per heavy atom. The molecule has 1 aromatic heterocycles.